The second-order valence-corrected chi connectivity index (χ2v) is 3.83. The average molecular weight is 271 g/mol. The van der Waals surface area contributed by atoms with Crippen molar-refractivity contribution in [2.45, 2.75) is 6.61 Å². The van der Waals surface area contributed by atoms with E-state index in [0.717, 1.165) is 0 Å². The predicted octanol–water partition coefficient (Wildman–Crippen LogP) is 3.40. The zero-order valence-electron chi connectivity index (χ0n) is 9.59. The molecule has 0 aromatic heterocycles. The van der Waals surface area contributed by atoms with Gasteiger partial charge in [-0.3, -0.25) is 0 Å². The van der Waals surface area contributed by atoms with E-state index in [1.54, 1.807) is 24.3 Å². The zero-order chi connectivity index (χ0) is 14.0. The van der Waals surface area contributed by atoms with Gasteiger partial charge in [0, 0.05) is 11.8 Å². The number of nitrogen functional groups attached to an aromatic ring is 1. The molecule has 0 bridgehead atoms. The molecule has 2 nitrogen and oxygen atoms in total. The van der Waals surface area contributed by atoms with E-state index >= 15 is 0 Å². The Morgan fingerprint density at radius 2 is 1.42 bits per heavy atom. The van der Waals surface area contributed by atoms with Crippen molar-refractivity contribution in [3.63, 3.8) is 0 Å². The molecule has 0 unspecified atom stereocenters. The summed E-state index contributed by atoms with van der Waals surface area (Å²) in [4.78, 5) is 0. The monoisotopic (exact) mass is 271 g/mol. The molecular weight excluding hydrogens is 262 g/mol. The Labute approximate surface area is 106 Å². The number of ether oxygens (including phenoxy) is 1. The van der Waals surface area contributed by atoms with Crippen LogP contribution in [-0.2, 0) is 6.61 Å². The number of hydrogen-bond donors (Lipinski definition) is 1. The Hall–Kier alpha value is -2.24. The van der Waals surface area contributed by atoms with E-state index in [0.29, 0.717) is 11.3 Å². The molecule has 0 spiro atoms. The molecule has 2 N–H and O–H groups in total. The van der Waals surface area contributed by atoms with Gasteiger partial charge in [-0.15, -0.1) is 0 Å². The van der Waals surface area contributed by atoms with Gasteiger partial charge < -0.3 is 10.5 Å². The molecule has 0 aliphatic carbocycles. The lowest BCUT2D eigenvalue weighted by Crippen LogP contribution is -2.03. The summed E-state index contributed by atoms with van der Waals surface area (Å²) in [6, 6.07) is 6.40. The lowest BCUT2D eigenvalue weighted by molar-refractivity contribution is 0.261. The third-order valence-electron chi connectivity index (χ3n) is 2.43. The Morgan fingerprint density at radius 3 is 1.95 bits per heavy atom. The molecule has 0 heterocycles. The van der Waals surface area contributed by atoms with Gasteiger partial charge >= 0.3 is 0 Å². The molecule has 0 fully saturated rings. The average Bonchev–Trinajstić information content (AvgIpc) is 2.38. The first-order valence-corrected chi connectivity index (χ1v) is 5.29. The maximum absolute atomic E-state index is 13.3. The van der Waals surface area contributed by atoms with Crippen LogP contribution in [0.4, 0.5) is 23.2 Å². The molecule has 2 rings (SSSR count). The molecule has 0 aliphatic rings. The summed E-state index contributed by atoms with van der Waals surface area (Å²) in [7, 11) is 0. The standard InChI is InChI=1S/C13H9F4NO/c14-9-5-10(15)12(17)13(11(9)16)19-6-7-1-3-8(18)4-2-7/h1-5H,6,18H2. The molecule has 0 saturated carbocycles. The summed E-state index contributed by atoms with van der Waals surface area (Å²) in [5.74, 6) is -7.21. The number of rotatable bonds is 3. The van der Waals surface area contributed by atoms with Gasteiger partial charge in [-0.05, 0) is 17.7 Å². The van der Waals surface area contributed by atoms with Crippen LogP contribution in [0.1, 0.15) is 5.56 Å². The maximum atomic E-state index is 13.3. The van der Waals surface area contributed by atoms with E-state index < -0.39 is 29.0 Å². The number of halogens is 4. The number of hydrogen-bond acceptors (Lipinski definition) is 2. The fourth-order valence-corrected chi connectivity index (χ4v) is 1.45. The predicted molar refractivity (Wildman–Crippen MR) is 61.5 cm³/mol. The molecule has 2 aromatic carbocycles. The zero-order valence-corrected chi connectivity index (χ0v) is 9.59. The van der Waals surface area contributed by atoms with Gasteiger partial charge in [0.1, 0.15) is 6.61 Å². The summed E-state index contributed by atoms with van der Waals surface area (Å²) in [5, 5.41) is 0. The minimum atomic E-state index is -1.56. The molecule has 0 amide bonds. The quantitative estimate of drug-likeness (QED) is 0.527. The summed E-state index contributed by atoms with van der Waals surface area (Å²) >= 11 is 0. The van der Waals surface area contributed by atoms with Crippen LogP contribution in [-0.4, -0.2) is 0 Å². The van der Waals surface area contributed by atoms with Gasteiger partial charge in [-0.25, -0.2) is 8.78 Å². The minimum Gasteiger partial charge on any atom is -0.483 e. The molecule has 2 aromatic rings. The first kappa shape index (κ1) is 13.2. The van der Waals surface area contributed by atoms with Crippen molar-refractivity contribution in [3.8, 4) is 5.75 Å². The van der Waals surface area contributed by atoms with E-state index in [1.165, 1.54) is 0 Å². The van der Waals surface area contributed by atoms with Crippen LogP contribution in [0.3, 0.4) is 0 Å². The Morgan fingerprint density at radius 1 is 0.895 bits per heavy atom. The summed E-state index contributed by atoms with van der Waals surface area (Å²) in [6.45, 7) is -0.239. The molecular formula is C13H9F4NO. The van der Waals surface area contributed by atoms with Crippen LogP contribution >= 0.6 is 0 Å². The van der Waals surface area contributed by atoms with E-state index in [9.17, 15) is 17.6 Å². The van der Waals surface area contributed by atoms with Crippen molar-refractivity contribution in [2.75, 3.05) is 5.73 Å². The molecule has 0 saturated heterocycles. The van der Waals surface area contributed by atoms with Gasteiger partial charge in [0.2, 0.25) is 11.6 Å². The van der Waals surface area contributed by atoms with Gasteiger partial charge in [0.05, 0.1) is 0 Å². The number of anilines is 1. The highest BCUT2D eigenvalue weighted by atomic mass is 19.2. The lowest BCUT2D eigenvalue weighted by Gasteiger charge is -2.09. The van der Waals surface area contributed by atoms with Crippen molar-refractivity contribution < 1.29 is 22.3 Å². The molecule has 19 heavy (non-hydrogen) atoms. The van der Waals surface area contributed by atoms with E-state index in [2.05, 4.69) is 0 Å². The number of benzene rings is 2. The molecule has 0 radical (unpaired) electrons. The van der Waals surface area contributed by atoms with Crippen LogP contribution in [0.5, 0.6) is 5.75 Å². The van der Waals surface area contributed by atoms with Crippen LogP contribution < -0.4 is 10.5 Å². The van der Waals surface area contributed by atoms with E-state index in [4.69, 9.17) is 10.5 Å². The second-order valence-electron chi connectivity index (χ2n) is 3.83. The topological polar surface area (TPSA) is 35.2 Å². The largest absolute Gasteiger partial charge is 0.483 e. The van der Waals surface area contributed by atoms with E-state index in [-0.39, 0.29) is 12.7 Å². The van der Waals surface area contributed by atoms with E-state index in [1.807, 2.05) is 0 Å². The van der Waals surface area contributed by atoms with Crippen LogP contribution in [0.15, 0.2) is 30.3 Å². The van der Waals surface area contributed by atoms with Gasteiger partial charge in [0.25, 0.3) is 0 Å². The molecule has 0 aliphatic heterocycles. The first-order chi connectivity index (χ1) is 8.99. The Bertz CT molecular complexity index is 572. The second kappa shape index (κ2) is 5.17. The molecule has 6 heteroatoms. The van der Waals surface area contributed by atoms with Crippen LogP contribution in [0.2, 0.25) is 0 Å². The Balaban J connectivity index is 2.22. The highest BCUT2D eigenvalue weighted by molar-refractivity contribution is 5.39. The van der Waals surface area contributed by atoms with Crippen molar-refractivity contribution in [3.05, 3.63) is 59.2 Å². The smallest absolute Gasteiger partial charge is 0.203 e. The van der Waals surface area contributed by atoms with Crippen molar-refractivity contribution >= 4 is 5.69 Å². The SMILES string of the molecule is Nc1ccc(COc2c(F)c(F)cc(F)c2F)cc1. The Kier molecular flexibility index (Phi) is 3.59. The normalized spacial score (nSPS) is 10.5. The maximum Gasteiger partial charge on any atom is 0.203 e. The fraction of sp³-hybridized carbons (Fsp3) is 0.0769. The molecule has 0 atom stereocenters. The van der Waals surface area contributed by atoms with Gasteiger partial charge in [-0.1, -0.05) is 12.1 Å². The fourth-order valence-electron chi connectivity index (χ4n) is 1.45. The third-order valence-corrected chi connectivity index (χ3v) is 2.43. The lowest BCUT2D eigenvalue weighted by atomic mass is 10.2. The van der Waals surface area contributed by atoms with Crippen LogP contribution in [0.25, 0.3) is 0 Å². The van der Waals surface area contributed by atoms with Gasteiger partial charge in [-0.2, -0.15) is 8.78 Å². The highest BCUT2D eigenvalue weighted by Crippen LogP contribution is 2.27. The van der Waals surface area contributed by atoms with Gasteiger partial charge in [0.15, 0.2) is 17.4 Å². The summed E-state index contributed by atoms with van der Waals surface area (Å²) < 4.78 is 57.2. The van der Waals surface area contributed by atoms with Crippen molar-refractivity contribution in [1.82, 2.24) is 0 Å². The first-order valence-electron chi connectivity index (χ1n) is 5.29. The van der Waals surface area contributed by atoms with Crippen LogP contribution in [0, 0.1) is 23.3 Å². The highest BCUT2D eigenvalue weighted by Gasteiger charge is 2.20. The minimum absolute atomic E-state index is 0.126. The molecule has 100 valence electrons. The summed E-state index contributed by atoms with van der Waals surface area (Å²) in [5.41, 5.74) is 6.53. The summed E-state index contributed by atoms with van der Waals surface area (Å²) in [6.07, 6.45) is 0. The van der Waals surface area contributed by atoms with Crippen molar-refractivity contribution in [1.29, 1.82) is 0 Å². The third kappa shape index (κ3) is 2.78. The van der Waals surface area contributed by atoms with Crippen molar-refractivity contribution in [2.24, 2.45) is 0 Å². The number of nitrogens with two attached hydrogens (primary N) is 1.